The SMILES string of the molecule is CCNCC1CCC1N1CCC(CN(C)C)CC1. The fraction of sp³-hybridized carbons (Fsp3) is 1.00. The summed E-state index contributed by atoms with van der Waals surface area (Å²) in [6.07, 6.45) is 5.69. The molecule has 1 aliphatic heterocycles. The molecule has 2 fully saturated rings. The highest BCUT2D eigenvalue weighted by molar-refractivity contribution is 4.91. The number of nitrogens with one attached hydrogen (secondary N) is 1. The van der Waals surface area contributed by atoms with E-state index >= 15 is 0 Å². The summed E-state index contributed by atoms with van der Waals surface area (Å²) in [5.74, 6) is 1.86. The van der Waals surface area contributed by atoms with Crippen molar-refractivity contribution in [1.29, 1.82) is 0 Å². The molecule has 1 saturated carbocycles. The average molecular weight is 253 g/mol. The molecule has 1 N–H and O–H groups in total. The molecule has 2 atom stereocenters. The molecule has 3 heteroatoms. The molecular formula is C15H31N3. The third-order valence-corrected chi connectivity index (χ3v) is 4.78. The standard InChI is InChI=1S/C15H31N3/c1-4-16-11-14-5-6-15(14)18-9-7-13(8-10-18)12-17(2)3/h13-16H,4-12H2,1-3H3. The molecular weight excluding hydrogens is 222 g/mol. The molecule has 2 rings (SSSR count). The van der Waals surface area contributed by atoms with Gasteiger partial charge in [0.05, 0.1) is 0 Å². The van der Waals surface area contributed by atoms with Crippen LogP contribution in [0, 0.1) is 11.8 Å². The second-order valence-electron chi connectivity index (χ2n) is 6.45. The van der Waals surface area contributed by atoms with Crippen molar-refractivity contribution in [2.24, 2.45) is 11.8 Å². The van der Waals surface area contributed by atoms with Crippen LogP contribution in [0.1, 0.15) is 32.6 Å². The highest BCUT2D eigenvalue weighted by atomic mass is 15.2. The lowest BCUT2D eigenvalue weighted by atomic mass is 9.77. The van der Waals surface area contributed by atoms with E-state index in [4.69, 9.17) is 0 Å². The van der Waals surface area contributed by atoms with Crippen LogP contribution < -0.4 is 5.32 Å². The van der Waals surface area contributed by atoms with Gasteiger partial charge in [-0.05, 0) is 77.8 Å². The quantitative estimate of drug-likeness (QED) is 0.776. The Kier molecular flexibility index (Phi) is 5.46. The van der Waals surface area contributed by atoms with Crippen molar-refractivity contribution in [2.45, 2.75) is 38.6 Å². The minimum atomic E-state index is 0.893. The molecule has 18 heavy (non-hydrogen) atoms. The number of nitrogens with zero attached hydrogens (tertiary/aromatic N) is 2. The van der Waals surface area contributed by atoms with Gasteiger partial charge in [-0.2, -0.15) is 0 Å². The predicted octanol–water partition coefficient (Wildman–Crippen LogP) is 1.65. The van der Waals surface area contributed by atoms with Gasteiger partial charge in [0.2, 0.25) is 0 Å². The fourth-order valence-electron chi connectivity index (χ4n) is 3.58. The minimum absolute atomic E-state index is 0.893. The Bertz CT molecular complexity index is 234. The first-order valence-corrected chi connectivity index (χ1v) is 7.80. The second kappa shape index (κ2) is 6.88. The van der Waals surface area contributed by atoms with Crippen molar-refractivity contribution in [3.05, 3.63) is 0 Å². The molecule has 2 aliphatic rings. The number of hydrogen-bond donors (Lipinski definition) is 1. The fourth-order valence-corrected chi connectivity index (χ4v) is 3.58. The molecule has 1 aliphatic carbocycles. The van der Waals surface area contributed by atoms with E-state index in [1.165, 1.54) is 51.9 Å². The van der Waals surface area contributed by atoms with Crippen molar-refractivity contribution >= 4 is 0 Å². The van der Waals surface area contributed by atoms with Gasteiger partial charge in [0, 0.05) is 12.6 Å². The van der Waals surface area contributed by atoms with Crippen LogP contribution in [0.25, 0.3) is 0 Å². The number of rotatable bonds is 6. The molecule has 0 aromatic carbocycles. The van der Waals surface area contributed by atoms with Gasteiger partial charge < -0.3 is 15.1 Å². The van der Waals surface area contributed by atoms with Crippen molar-refractivity contribution in [2.75, 3.05) is 46.8 Å². The molecule has 0 radical (unpaired) electrons. The maximum atomic E-state index is 3.52. The van der Waals surface area contributed by atoms with Crippen LogP contribution in [0.15, 0.2) is 0 Å². The first-order valence-electron chi connectivity index (χ1n) is 7.80. The summed E-state index contributed by atoms with van der Waals surface area (Å²) in [5.41, 5.74) is 0. The van der Waals surface area contributed by atoms with Gasteiger partial charge in [-0.15, -0.1) is 0 Å². The first-order chi connectivity index (χ1) is 8.70. The Morgan fingerprint density at radius 3 is 2.33 bits per heavy atom. The maximum Gasteiger partial charge on any atom is 0.0136 e. The molecule has 0 spiro atoms. The van der Waals surface area contributed by atoms with Crippen molar-refractivity contribution < 1.29 is 0 Å². The molecule has 1 saturated heterocycles. The average Bonchev–Trinajstić information content (AvgIpc) is 2.30. The van der Waals surface area contributed by atoms with Gasteiger partial charge in [-0.25, -0.2) is 0 Å². The summed E-state index contributed by atoms with van der Waals surface area (Å²) in [6, 6.07) is 0.893. The van der Waals surface area contributed by atoms with E-state index in [9.17, 15) is 0 Å². The molecule has 3 nitrogen and oxygen atoms in total. The van der Waals surface area contributed by atoms with E-state index < -0.39 is 0 Å². The van der Waals surface area contributed by atoms with Crippen LogP contribution in [-0.4, -0.2) is 62.7 Å². The minimum Gasteiger partial charge on any atom is -0.317 e. The lowest BCUT2D eigenvalue weighted by Crippen LogP contribution is -2.53. The zero-order valence-electron chi connectivity index (χ0n) is 12.5. The van der Waals surface area contributed by atoms with E-state index in [1.807, 2.05) is 0 Å². The summed E-state index contributed by atoms with van der Waals surface area (Å²) in [7, 11) is 4.40. The van der Waals surface area contributed by atoms with E-state index in [-0.39, 0.29) is 0 Å². The van der Waals surface area contributed by atoms with Crippen molar-refractivity contribution in [3.63, 3.8) is 0 Å². The van der Waals surface area contributed by atoms with Gasteiger partial charge in [-0.1, -0.05) is 6.92 Å². The van der Waals surface area contributed by atoms with Gasteiger partial charge >= 0.3 is 0 Å². The molecule has 1 heterocycles. The molecule has 2 unspecified atom stereocenters. The zero-order chi connectivity index (χ0) is 13.0. The Morgan fingerprint density at radius 2 is 1.83 bits per heavy atom. The number of hydrogen-bond acceptors (Lipinski definition) is 3. The summed E-state index contributed by atoms with van der Waals surface area (Å²) in [4.78, 5) is 5.12. The summed E-state index contributed by atoms with van der Waals surface area (Å²) < 4.78 is 0. The van der Waals surface area contributed by atoms with Gasteiger partial charge in [0.1, 0.15) is 0 Å². The smallest absolute Gasteiger partial charge is 0.0136 e. The molecule has 0 aromatic heterocycles. The van der Waals surface area contributed by atoms with Crippen LogP contribution in [0.4, 0.5) is 0 Å². The number of likely N-dealkylation sites (tertiary alicyclic amines) is 1. The normalized spacial score (nSPS) is 30.7. The monoisotopic (exact) mass is 253 g/mol. The molecule has 0 amide bonds. The summed E-state index contributed by atoms with van der Waals surface area (Å²) in [5, 5.41) is 3.52. The third-order valence-electron chi connectivity index (χ3n) is 4.78. The van der Waals surface area contributed by atoms with E-state index in [0.29, 0.717) is 0 Å². The van der Waals surface area contributed by atoms with Gasteiger partial charge in [0.25, 0.3) is 0 Å². The maximum absolute atomic E-state index is 3.52. The lowest BCUT2D eigenvalue weighted by Gasteiger charge is -2.47. The Morgan fingerprint density at radius 1 is 1.11 bits per heavy atom. The largest absolute Gasteiger partial charge is 0.317 e. The van der Waals surface area contributed by atoms with Crippen LogP contribution >= 0.6 is 0 Å². The first kappa shape index (κ1) is 14.3. The Hall–Kier alpha value is -0.120. The van der Waals surface area contributed by atoms with E-state index in [2.05, 4.69) is 36.1 Å². The van der Waals surface area contributed by atoms with Crippen molar-refractivity contribution in [1.82, 2.24) is 15.1 Å². The Balaban J connectivity index is 1.69. The zero-order valence-corrected chi connectivity index (χ0v) is 12.5. The van der Waals surface area contributed by atoms with Gasteiger partial charge in [0.15, 0.2) is 0 Å². The Labute approximate surface area is 113 Å². The van der Waals surface area contributed by atoms with Crippen LogP contribution in [-0.2, 0) is 0 Å². The van der Waals surface area contributed by atoms with Crippen LogP contribution in [0.5, 0.6) is 0 Å². The molecule has 0 aromatic rings. The summed E-state index contributed by atoms with van der Waals surface area (Å²) >= 11 is 0. The van der Waals surface area contributed by atoms with E-state index in [1.54, 1.807) is 0 Å². The lowest BCUT2D eigenvalue weighted by molar-refractivity contribution is 0.0313. The molecule has 0 bridgehead atoms. The topological polar surface area (TPSA) is 18.5 Å². The number of piperidine rings is 1. The second-order valence-corrected chi connectivity index (χ2v) is 6.45. The highest BCUT2D eigenvalue weighted by Crippen LogP contribution is 2.34. The van der Waals surface area contributed by atoms with Crippen LogP contribution in [0.3, 0.4) is 0 Å². The highest BCUT2D eigenvalue weighted by Gasteiger charge is 2.36. The van der Waals surface area contributed by atoms with Crippen LogP contribution in [0.2, 0.25) is 0 Å². The predicted molar refractivity (Wildman–Crippen MR) is 77.9 cm³/mol. The van der Waals surface area contributed by atoms with E-state index in [0.717, 1.165) is 24.4 Å². The van der Waals surface area contributed by atoms with Crippen molar-refractivity contribution in [3.8, 4) is 0 Å². The summed E-state index contributed by atoms with van der Waals surface area (Å²) in [6.45, 7) is 8.52. The van der Waals surface area contributed by atoms with Gasteiger partial charge in [-0.3, -0.25) is 0 Å². The molecule has 106 valence electrons. The third kappa shape index (κ3) is 3.69.